The molecule has 11 heteroatoms. The van der Waals surface area contributed by atoms with E-state index in [4.69, 9.17) is 17.6 Å². The van der Waals surface area contributed by atoms with E-state index in [2.05, 4.69) is 20.6 Å². The lowest BCUT2D eigenvalue weighted by atomic mass is 10.1. The summed E-state index contributed by atoms with van der Waals surface area (Å²) in [6.07, 6.45) is 4.38. The number of carbonyl (C=O) groups excluding carboxylic acids is 1. The predicted molar refractivity (Wildman–Crippen MR) is 149 cm³/mol. The van der Waals surface area contributed by atoms with Crippen LogP contribution in [-0.4, -0.2) is 74.6 Å². The number of likely N-dealkylation sites (N-methyl/N-ethyl adjacent to an activating group) is 2. The van der Waals surface area contributed by atoms with Crippen molar-refractivity contribution in [3.05, 3.63) is 89.8 Å². The third-order valence-corrected chi connectivity index (χ3v) is 7.24. The molecule has 2 saturated heterocycles. The number of nitrogens with one attached hydrogen (secondary N) is 3. The number of carbonyl (C=O) groups is 1. The van der Waals surface area contributed by atoms with E-state index in [9.17, 15) is 9.18 Å². The van der Waals surface area contributed by atoms with E-state index in [1.807, 2.05) is 43.6 Å². The highest BCUT2D eigenvalue weighted by molar-refractivity contribution is 7.80. The fraction of sp³-hybridized carbons (Fsp3) is 0.259. The molecule has 0 spiro atoms. The van der Waals surface area contributed by atoms with E-state index < -0.39 is 0 Å². The van der Waals surface area contributed by atoms with Gasteiger partial charge in [0.1, 0.15) is 22.5 Å². The number of anilines is 1. The van der Waals surface area contributed by atoms with Gasteiger partial charge in [-0.2, -0.15) is 5.10 Å². The number of hydrogen-bond acceptors (Lipinski definition) is 7. The van der Waals surface area contributed by atoms with Gasteiger partial charge in [0, 0.05) is 38.2 Å². The molecule has 1 unspecified atom stereocenters. The molecule has 0 saturated carbocycles. The number of benzene rings is 2. The van der Waals surface area contributed by atoms with E-state index in [1.54, 1.807) is 30.1 Å². The van der Waals surface area contributed by atoms with Gasteiger partial charge in [-0.15, -0.1) is 0 Å². The van der Waals surface area contributed by atoms with Crippen molar-refractivity contribution in [1.82, 2.24) is 29.8 Å². The molecule has 3 N–H and O–H groups in total. The smallest absolute Gasteiger partial charge is 0.330 e. The summed E-state index contributed by atoms with van der Waals surface area (Å²) in [7, 11) is 3.64. The van der Waals surface area contributed by atoms with E-state index in [0.717, 1.165) is 24.2 Å². The predicted octanol–water partition coefficient (Wildman–Crippen LogP) is 3.80. The van der Waals surface area contributed by atoms with E-state index >= 15 is 0 Å². The number of halogens is 1. The van der Waals surface area contributed by atoms with E-state index in [0.29, 0.717) is 30.2 Å². The molecular formula is C27H29FN8OS. The van der Waals surface area contributed by atoms with Gasteiger partial charge in [-0.05, 0) is 68.0 Å². The number of hydrogen-bond donors (Lipinski definition) is 3. The Labute approximate surface area is 226 Å². The van der Waals surface area contributed by atoms with Gasteiger partial charge in [0.25, 0.3) is 0 Å². The number of amides is 2. The number of aromatic nitrogens is 2. The summed E-state index contributed by atoms with van der Waals surface area (Å²) in [5.74, 6) is 0.167. The fourth-order valence-corrected chi connectivity index (χ4v) is 4.95. The van der Waals surface area contributed by atoms with Crippen LogP contribution in [0.25, 0.3) is 5.69 Å². The minimum atomic E-state index is -0.349. The molecule has 2 fully saturated rings. The summed E-state index contributed by atoms with van der Waals surface area (Å²) < 4.78 is 15.4. The Morgan fingerprint density at radius 2 is 1.89 bits per heavy atom. The Balaban J connectivity index is 1.47. The van der Waals surface area contributed by atoms with Crippen molar-refractivity contribution in [3.63, 3.8) is 0 Å². The van der Waals surface area contributed by atoms with Crippen LogP contribution in [0, 0.1) is 11.2 Å². The topological polar surface area (TPSA) is 92.5 Å². The van der Waals surface area contributed by atoms with Crippen molar-refractivity contribution in [2.45, 2.75) is 19.0 Å². The number of rotatable bonds is 7. The fourth-order valence-electron chi connectivity index (χ4n) is 4.67. The summed E-state index contributed by atoms with van der Waals surface area (Å²) in [5, 5.41) is 20.0. The summed E-state index contributed by atoms with van der Waals surface area (Å²) in [4.78, 5) is 18.5. The zero-order valence-corrected chi connectivity index (χ0v) is 22.0. The van der Waals surface area contributed by atoms with Crippen molar-refractivity contribution in [1.29, 1.82) is 5.41 Å². The lowest BCUT2D eigenvalue weighted by molar-refractivity contribution is 0.189. The van der Waals surface area contributed by atoms with Gasteiger partial charge in [-0.25, -0.2) is 13.9 Å². The van der Waals surface area contributed by atoms with Gasteiger partial charge in [-0.1, -0.05) is 24.4 Å². The first-order chi connectivity index (χ1) is 18.3. The second-order valence-corrected chi connectivity index (χ2v) is 9.81. The molecule has 9 nitrogen and oxygen atoms in total. The monoisotopic (exact) mass is 532 g/mol. The molecular weight excluding hydrogens is 503 g/mol. The molecule has 38 heavy (non-hydrogen) atoms. The van der Waals surface area contributed by atoms with Crippen molar-refractivity contribution in [3.8, 4) is 5.69 Å². The summed E-state index contributed by atoms with van der Waals surface area (Å²) in [6, 6.07) is 15.3. The maximum Gasteiger partial charge on any atom is 0.330 e. The van der Waals surface area contributed by atoms with Crippen molar-refractivity contribution >= 4 is 34.8 Å². The summed E-state index contributed by atoms with van der Waals surface area (Å²) >= 11 is 5.68. The molecule has 3 heterocycles. The van der Waals surface area contributed by atoms with Crippen LogP contribution in [-0.2, 0) is 6.54 Å². The van der Waals surface area contributed by atoms with Gasteiger partial charge < -0.3 is 15.5 Å². The SMILES string of the molecule is CN1CCC(N2C(=N)/C(=C(\NCc3ccc(-n4cccn4)cc3)Nc3ccc(F)cc3)C(=S)N(C)C2=O)C1. The Morgan fingerprint density at radius 1 is 1.16 bits per heavy atom. The average molecular weight is 533 g/mol. The van der Waals surface area contributed by atoms with Crippen LogP contribution in [0.4, 0.5) is 14.9 Å². The number of likely N-dealkylation sites (tertiary alicyclic amines) is 1. The second kappa shape index (κ2) is 10.7. The number of amidine groups is 1. The molecule has 2 amide bonds. The average Bonchev–Trinajstić information content (AvgIpc) is 3.60. The molecule has 196 valence electrons. The van der Waals surface area contributed by atoms with Gasteiger partial charge >= 0.3 is 6.03 Å². The molecule has 2 aliphatic rings. The Kier molecular flexibility index (Phi) is 7.21. The van der Waals surface area contributed by atoms with Gasteiger partial charge in [0.05, 0.1) is 17.3 Å². The third-order valence-electron chi connectivity index (χ3n) is 6.76. The van der Waals surface area contributed by atoms with Crippen molar-refractivity contribution in [2.24, 2.45) is 0 Å². The first kappa shape index (κ1) is 25.6. The lowest BCUT2D eigenvalue weighted by Gasteiger charge is -2.39. The number of nitrogens with zero attached hydrogens (tertiary/aromatic N) is 5. The Bertz CT molecular complexity index is 1370. The highest BCUT2D eigenvalue weighted by Crippen LogP contribution is 2.27. The quantitative estimate of drug-likeness (QED) is 0.317. The number of thiocarbonyl (C=S) groups is 1. The van der Waals surface area contributed by atoms with Gasteiger partial charge in [0.2, 0.25) is 0 Å². The zero-order valence-electron chi connectivity index (χ0n) is 21.2. The van der Waals surface area contributed by atoms with Crippen molar-refractivity contribution in [2.75, 3.05) is 32.5 Å². The van der Waals surface area contributed by atoms with Crippen LogP contribution in [0.5, 0.6) is 0 Å². The highest BCUT2D eigenvalue weighted by atomic mass is 32.1. The van der Waals surface area contributed by atoms with Crippen LogP contribution in [0.15, 0.2) is 78.4 Å². The normalized spacial score (nSPS) is 19.8. The summed E-state index contributed by atoms with van der Waals surface area (Å²) in [5.41, 5.74) is 2.97. The molecule has 1 aromatic heterocycles. The number of urea groups is 1. The highest BCUT2D eigenvalue weighted by Gasteiger charge is 2.42. The lowest BCUT2D eigenvalue weighted by Crippen LogP contribution is -2.58. The molecule has 5 rings (SSSR count). The van der Waals surface area contributed by atoms with E-state index in [1.165, 1.54) is 21.9 Å². The van der Waals surface area contributed by atoms with E-state index in [-0.39, 0.29) is 28.7 Å². The van der Waals surface area contributed by atoms with Crippen LogP contribution in [0.1, 0.15) is 12.0 Å². The maximum absolute atomic E-state index is 13.6. The minimum Gasteiger partial charge on any atom is -0.367 e. The molecule has 1 atom stereocenters. The molecule has 2 aliphatic heterocycles. The zero-order chi connectivity index (χ0) is 26.8. The van der Waals surface area contributed by atoms with Crippen LogP contribution < -0.4 is 10.6 Å². The standard InChI is InChI=1S/C27H29FN8OS/c1-33-15-12-22(17-33)36-24(29)23(26(38)34(2)27(36)37)25(32-20-8-6-19(28)7-9-20)30-16-18-4-10-21(11-5-18)35-14-3-13-31-35/h3-11,13-14,22,29-30,32H,12,15-17H2,1-2H3/b25-23-,29-24?. The van der Waals surface area contributed by atoms with Crippen LogP contribution >= 0.6 is 12.2 Å². The molecule has 0 aliphatic carbocycles. The summed E-state index contributed by atoms with van der Waals surface area (Å²) in [6.45, 7) is 1.95. The largest absolute Gasteiger partial charge is 0.367 e. The van der Waals surface area contributed by atoms with Crippen LogP contribution in [0.2, 0.25) is 0 Å². The molecule has 3 aromatic rings. The molecule has 0 radical (unpaired) electrons. The Hall–Kier alpha value is -4.09. The minimum absolute atomic E-state index is 0.0459. The maximum atomic E-state index is 13.6. The molecule has 0 bridgehead atoms. The van der Waals surface area contributed by atoms with Crippen LogP contribution in [0.3, 0.4) is 0 Å². The molecule has 2 aromatic carbocycles. The second-order valence-electron chi connectivity index (χ2n) is 9.42. The van der Waals surface area contributed by atoms with Gasteiger partial charge in [0.15, 0.2) is 0 Å². The Morgan fingerprint density at radius 3 is 2.53 bits per heavy atom. The third kappa shape index (κ3) is 5.15. The van der Waals surface area contributed by atoms with Gasteiger partial charge in [-0.3, -0.25) is 15.2 Å². The first-order valence-electron chi connectivity index (χ1n) is 12.3. The van der Waals surface area contributed by atoms with Crippen molar-refractivity contribution < 1.29 is 9.18 Å². The first-order valence-corrected chi connectivity index (χ1v) is 12.7.